The van der Waals surface area contributed by atoms with Gasteiger partial charge in [-0.05, 0) is 87.2 Å². The first-order valence-electron chi connectivity index (χ1n) is 12.7. The molecule has 1 saturated carbocycles. The number of hydrogen-bond acceptors (Lipinski definition) is 8. The summed E-state index contributed by atoms with van der Waals surface area (Å²) in [7, 11) is -3.35. The Labute approximate surface area is 236 Å². The first-order chi connectivity index (χ1) is 19.1. The number of thiazole rings is 1. The van der Waals surface area contributed by atoms with Crippen molar-refractivity contribution in [2.24, 2.45) is 0 Å². The molecule has 0 unspecified atom stereocenters. The minimum absolute atomic E-state index is 0.178. The lowest BCUT2D eigenvalue weighted by Crippen LogP contribution is -2.39. The molecule has 0 radical (unpaired) electrons. The number of pyridine rings is 1. The van der Waals surface area contributed by atoms with E-state index in [1.807, 2.05) is 19.1 Å². The molecular formula is C29H28N4O5S2. The predicted octanol–water partition coefficient (Wildman–Crippen LogP) is 5.55. The third-order valence-corrected chi connectivity index (χ3v) is 8.63. The fourth-order valence-electron chi connectivity index (χ4n) is 4.24. The van der Waals surface area contributed by atoms with Gasteiger partial charge in [0.25, 0.3) is 11.8 Å². The number of aryl methyl sites for hydroxylation is 2. The van der Waals surface area contributed by atoms with E-state index in [1.54, 1.807) is 43.5 Å². The molecule has 2 amide bonds. The summed E-state index contributed by atoms with van der Waals surface area (Å²) in [4.78, 5) is 35.8. The SMILES string of the molecule is Cc1cccnc1-c1cc(Oc2ccc(S(C)(=O)=O)cc2)cc(C(=O)Nc2nc(C(=O)NC3CCC3)c(C)s2)c1. The van der Waals surface area contributed by atoms with Crippen LogP contribution in [0.5, 0.6) is 11.5 Å². The van der Waals surface area contributed by atoms with Crippen molar-refractivity contribution in [1.29, 1.82) is 0 Å². The highest BCUT2D eigenvalue weighted by atomic mass is 32.2. The topological polar surface area (TPSA) is 127 Å². The van der Waals surface area contributed by atoms with Gasteiger partial charge in [0, 0.05) is 34.5 Å². The predicted molar refractivity (Wildman–Crippen MR) is 154 cm³/mol. The van der Waals surface area contributed by atoms with E-state index in [9.17, 15) is 18.0 Å². The van der Waals surface area contributed by atoms with E-state index in [2.05, 4.69) is 20.6 Å². The number of ether oxygens (including phenoxy) is 1. The van der Waals surface area contributed by atoms with Crippen LogP contribution in [0.4, 0.5) is 5.13 Å². The third kappa shape index (κ3) is 6.21. The lowest BCUT2D eigenvalue weighted by atomic mass is 9.93. The quantitative estimate of drug-likeness (QED) is 0.281. The van der Waals surface area contributed by atoms with Gasteiger partial charge in [-0.3, -0.25) is 19.9 Å². The normalized spacial score (nSPS) is 13.4. The van der Waals surface area contributed by atoms with Gasteiger partial charge in [-0.2, -0.15) is 0 Å². The Kier molecular flexibility index (Phi) is 7.68. The van der Waals surface area contributed by atoms with Crippen molar-refractivity contribution in [1.82, 2.24) is 15.3 Å². The standard InChI is InChI=1S/C29H28N4O5S2/c1-17-6-5-13-30-25(17)19-14-20(16-23(15-19)38-22-9-11-24(12-10-22)40(3,36)37)27(34)33-29-32-26(18(2)39-29)28(35)31-21-7-4-8-21/h5-6,9-16,21H,4,7-8H2,1-3H3,(H,31,35)(H,32,33,34). The van der Waals surface area contributed by atoms with E-state index in [0.29, 0.717) is 44.0 Å². The molecule has 0 bridgehead atoms. The highest BCUT2D eigenvalue weighted by Crippen LogP contribution is 2.31. The van der Waals surface area contributed by atoms with E-state index < -0.39 is 15.7 Å². The van der Waals surface area contributed by atoms with Crippen LogP contribution in [-0.4, -0.2) is 42.5 Å². The second-order valence-corrected chi connectivity index (χ2v) is 13.0. The lowest BCUT2D eigenvalue weighted by Gasteiger charge is -2.25. The molecule has 2 N–H and O–H groups in total. The maximum absolute atomic E-state index is 13.4. The number of sulfone groups is 1. The fourth-order valence-corrected chi connectivity index (χ4v) is 5.68. The minimum Gasteiger partial charge on any atom is -0.457 e. The number of anilines is 1. The van der Waals surface area contributed by atoms with Crippen molar-refractivity contribution >= 4 is 38.1 Å². The number of nitrogens with one attached hydrogen (secondary N) is 2. The van der Waals surface area contributed by atoms with Crippen LogP contribution in [0.3, 0.4) is 0 Å². The van der Waals surface area contributed by atoms with Crippen LogP contribution >= 0.6 is 11.3 Å². The van der Waals surface area contributed by atoms with Gasteiger partial charge in [0.1, 0.15) is 17.2 Å². The van der Waals surface area contributed by atoms with Crippen LogP contribution < -0.4 is 15.4 Å². The summed E-state index contributed by atoms with van der Waals surface area (Å²) in [6.45, 7) is 3.72. The molecule has 1 fully saturated rings. The summed E-state index contributed by atoms with van der Waals surface area (Å²) in [5.74, 6) is 0.124. The Morgan fingerprint density at radius 2 is 1.75 bits per heavy atom. The monoisotopic (exact) mass is 576 g/mol. The summed E-state index contributed by atoms with van der Waals surface area (Å²) < 4.78 is 29.6. The van der Waals surface area contributed by atoms with Crippen LogP contribution in [0.15, 0.2) is 65.7 Å². The van der Waals surface area contributed by atoms with Gasteiger partial charge < -0.3 is 10.1 Å². The molecule has 1 aliphatic rings. The second kappa shape index (κ2) is 11.2. The summed E-state index contributed by atoms with van der Waals surface area (Å²) in [5.41, 5.74) is 2.89. The van der Waals surface area contributed by atoms with Crippen molar-refractivity contribution in [2.45, 2.75) is 44.0 Å². The van der Waals surface area contributed by atoms with E-state index in [-0.39, 0.29) is 16.8 Å². The molecule has 4 aromatic rings. The lowest BCUT2D eigenvalue weighted by molar-refractivity contribution is 0.0911. The average molecular weight is 577 g/mol. The van der Waals surface area contributed by atoms with E-state index in [4.69, 9.17) is 4.74 Å². The Hall–Kier alpha value is -4.09. The summed E-state index contributed by atoms with van der Waals surface area (Å²) >= 11 is 1.23. The number of rotatable bonds is 8. The first kappa shape index (κ1) is 27.5. The zero-order valence-electron chi connectivity index (χ0n) is 22.2. The van der Waals surface area contributed by atoms with Crippen LogP contribution in [0.25, 0.3) is 11.3 Å². The molecule has 5 rings (SSSR count). The van der Waals surface area contributed by atoms with Gasteiger partial charge in [-0.1, -0.05) is 6.07 Å². The second-order valence-electron chi connectivity index (χ2n) is 9.74. The maximum atomic E-state index is 13.4. The van der Waals surface area contributed by atoms with Gasteiger partial charge >= 0.3 is 0 Å². The van der Waals surface area contributed by atoms with E-state index in [1.165, 1.54) is 23.5 Å². The zero-order valence-corrected chi connectivity index (χ0v) is 23.9. The highest BCUT2D eigenvalue weighted by molar-refractivity contribution is 7.90. The molecule has 0 aliphatic heterocycles. The summed E-state index contributed by atoms with van der Waals surface area (Å²) in [5, 5.41) is 6.11. The van der Waals surface area contributed by atoms with Gasteiger partial charge in [0.05, 0.1) is 10.6 Å². The number of nitrogens with zero attached hydrogens (tertiary/aromatic N) is 2. The molecule has 1 aliphatic carbocycles. The fraction of sp³-hybridized carbons (Fsp3) is 0.241. The minimum atomic E-state index is -3.35. The molecular weight excluding hydrogens is 548 g/mol. The van der Waals surface area contributed by atoms with E-state index >= 15 is 0 Å². The summed E-state index contributed by atoms with van der Waals surface area (Å²) in [6, 6.07) is 15.1. The van der Waals surface area contributed by atoms with E-state index in [0.717, 1.165) is 31.1 Å². The van der Waals surface area contributed by atoms with Crippen molar-refractivity contribution in [3.8, 4) is 22.8 Å². The van der Waals surface area contributed by atoms with Crippen LogP contribution in [0.1, 0.15) is 50.5 Å². The van der Waals surface area contributed by atoms with Crippen molar-refractivity contribution < 1.29 is 22.7 Å². The molecule has 2 aromatic carbocycles. The highest BCUT2D eigenvalue weighted by Gasteiger charge is 2.24. The smallest absolute Gasteiger partial charge is 0.271 e. The van der Waals surface area contributed by atoms with Crippen molar-refractivity contribution in [3.05, 3.63) is 82.5 Å². The molecule has 206 valence electrons. The molecule has 0 saturated heterocycles. The van der Waals surface area contributed by atoms with Crippen molar-refractivity contribution in [3.63, 3.8) is 0 Å². The van der Waals surface area contributed by atoms with Crippen LogP contribution in [0.2, 0.25) is 0 Å². The molecule has 11 heteroatoms. The number of amides is 2. The molecule has 0 spiro atoms. The Bertz CT molecular complexity index is 1690. The third-order valence-electron chi connectivity index (χ3n) is 6.61. The number of hydrogen-bond donors (Lipinski definition) is 2. The number of carbonyl (C=O) groups excluding carboxylic acids is 2. The average Bonchev–Trinajstić information content (AvgIpc) is 3.25. The van der Waals surface area contributed by atoms with Gasteiger partial charge in [-0.15, -0.1) is 11.3 Å². The van der Waals surface area contributed by atoms with Gasteiger partial charge in [0.15, 0.2) is 15.0 Å². The molecule has 9 nitrogen and oxygen atoms in total. The zero-order chi connectivity index (χ0) is 28.4. The van der Waals surface area contributed by atoms with Gasteiger partial charge in [0.2, 0.25) is 0 Å². The number of aromatic nitrogens is 2. The molecule has 2 aromatic heterocycles. The molecule has 40 heavy (non-hydrogen) atoms. The number of carbonyl (C=O) groups is 2. The number of benzene rings is 2. The summed E-state index contributed by atoms with van der Waals surface area (Å²) in [6.07, 6.45) is 5.86. The Morgan fingerprint density at radius 3 is 2.40 bits per heavy atom. The Balaban J connectivity index is 1.43. The largest absolute Gasteiger partial charge is 0.457 e. The first-order valence-corrected chi connectivity index (χ1v) is 15.4. The van der Waals surface area contributed by atoms with Crippen LogP contribution in [0, 0.1) is 13.8 Å². The van der Waals surface area contributed by atoms with Crippen molar-refractivity contribution in [2.75, 3.05) is 11.6 Å². The van der Waals surface area contributed by atoms with Gasteiger partial charge in [-0.25, -0.2) is 13.4 Å². The Morgan fingerprint density at radius 1 is 1.00 bits per heavy atom. The molecule has 0 atom stereocenters. The van der Waals surface area contributed by atoms with Crippen LogP contribution in [-0.2, 0) is 9.84 Å². The maximum Gasteiger partial charge on any atom is 0.271 e. The molecule has 2 heterocycles.